The second-order valence-corrected chi connectivity index (χ2v) is 10.0. The molecule has 10 heteroatoms. The van der Waals surface area contributed by atoms with Crippen LogP contribution in [0, 0.1) is 0 Å². The maximum absolute atomic E-state index is 13.8. The number of rotatable bonds is 13. The van der Waals surface area contributed by atoms with Crippen LogP contribution in [0.4, 0.5) is 0 Å². The summed E-state index contributed by atoms with van der Waals surface area (Å²) in [6, 6.07) is 7.37. The lowest BCUT2D eigenvalue weighted by molar-refractivity contribution is -0.140. The van der Waals surface area contributed by atoms with E-state index in [-0.39, 0.29) is 30.2 Å². The van der Waals surface area contributed by atoms with Crippen LogP contribution in [0.1, 0.15) is 67.1 Å². The Labute approximate surface area is 235 Å². The average molecular weight is 554 g/mol. The van der Waals surface area contributed by atoms with Gasteiger partial charge in [0.1, 0.15) is 6.04 Å². The monoisotopic (exact) mass is 553 g/mol. The number of carbonyl (C=O) groups is 3. The van der Waals surface area contributed by atoms with E-state index in [0.717, 1.165) is 38.5 Å². The first kappa shape index (κ1) is 29.2. The van der Waals surface area contributed by atoms with E-state index in [1.807, 2.05) is 0 Å². The molecule has 0 saturated carbocycles. The molecule has 2 atom stereocenters. The molecule has 1 aliphatic heterocycles. The van der Waals surface area contributed by atoms with Crippen LogP contribution in [0.5, 0.6) is 11.5 Å². The number of benzene rings is 1. The molecule has 2 aromatic rings. The highest BCUT2D eigenvalue weighted by Gasteiger charge is 2.33. The van der Waals surface area contributed by atoms with Crippen molar-refractivity contribution in [1.82, 2.24) is 15.5 Å². The number of nitrogens with one attached hydrogen (secondary N) is 2. The number of methoxy groups -OCH3 is 2. The van der Waals surface area contributed by atoms with Crippen molar-refractivity contribution in [2.24, 2.45) is 0 Å². The van der Waals surface area contributed by atoms with Gasteiger partial charge >= 0.3 is 0 Å². The molecule has 0 unspecified atom stereocenters. The highest BCUT2D eigenvalue weighted by atomic mass is 16.5. The van der Waals surface area contributed by atoms with Gasteiger partial charge in [-0.05, 0) is 74.8 Å². The molecule has 0 bridgehead atoms. The molecule has 4 rings (SSSR count). The van der Waals surface area contributed by atoms with Gasteiger partial charge in [0.05, 0.1) is 33.1 Å². The van der Waals surface area contributed by atoms with Gasteiger partial charge in [-0.3, -0.25) is 14.4 Å². The van der Waals surface area contributed by atoms with Crippen molar-refractivity contribution in [2.45, 2.75) is 57.1 Å². The number of nitrogens with zero attached hydrogens (tertiary/aromatic N) is 1. The molecule has 216 valence electrons. The normalized spacial score (nSPS) is 17.4. The van der Waals surface area contributed by atoms with Crippen LogP contribution in [-0.2, 0) is 14.3 Å². The summed E-state index contributed by atoms with van der Waals surface area (Å²) in [5, 5.41) is 5.63. The van der Waals surface area contributed by atoms with Gasteiger partial charge in [0, 0.05) is 19.7 Å². The van der Waals surface area contributed by atoms with Gasteiger partial charge in [0.25, 0.3) is 5.91 Å². The van der Waals surface area contributed by atoms with Gasteiger partial charge in [-0.1, -0.05) is 17.7 Å². The average Bonchev–Trinajstić information content (AvgIpc) is 3.72. The number of ether oxygens (including phenoxy) is 3. The molecule has 1 aromatic heterocycles. The Bertz CT molecular complexity index is 1170. The maximum Gasteiger partial charge on any atom is 0.287 e. The standard InChI is InChI=1S/C30H39N3O7/c1-37-24-13-12-22(18-26(24)38-2)28(30(36)31-19-23-10-6-16-39-23)33(15-14-21-8-4-3-5-9-21)27(34)20-32-29(35)25-11-7-17-40-25/h7-8,11-13,17-18,23,28H,3-6,9-10,14-16,19-20H2,1-2H3,(H,31,36)(H,32,35)/t23-,28+/m0/s1. The maximum atomic E-state index is 13.8. The van der Waals surface area contributed by atoms with E-state index in [1.165, 1.54) is 25.0 Å². The van der Waals surface area contributed by atoms with Gasteiger partial charge in [-0.25, -0.2) is 0 Å². The van der Waals surface area contributed by atoms with Crippen LogP contribution in [0.25, 0.3) is 0 Å². The number of carbonyl (C=O) groups excluding carboxylic acids is 3. The highest BCUT2D eigenvalue weighted by Crippen LogP contribution is 2.33. The van der Waals surface area contributed by atoms with Crippen molar-refractivity contribution in [2.75, 3.05) is 40.5 Å². The van der Waals surface area contributed by atoms with Crippen molar-refractivity contribution in [3.8, 4) is 11.5 Å². The topological polar surface area (TPSA) is 119 Å². The zero-order valence-corrected chi connectivity index (χ0v) is 23.3. The summed E-state index contributed by atoms with van der Waals surface area (Å²) in [4.78, 5) is 41.6. The molecule has 1 aromatic carbocycles. The number of allylic oxidation sites excluding steroid dienone is 1. The largest absolute Gasteiger partial charge is 0.493 e. The van der Waals surface area contributed by atoms with Crippen molar-refractivity contribution in [3.63, 3.8) is 0 Å². The smallest absolute Gasteiger partial charge is 0.287 e. The predicted molar refractivity (Wildman–Crippen MR) is 148 cm³/mol. The Morgan fingerprint density at radius 3 is 2.60 bits per heavy atom. The molecule has 1 saturated heterocycles. The molecular weight excluding hydrogens is 514 g/mol. The summed E-state index contributed by atoms with van der Waals surface area (Å²) in [7, 11) is 3.07. The van der Waals surface area contributed by atoms with Crippen LogP contribution in [0.3, 0.4) is 0 Å². The van der Waals surface area contributed by atoms with E-state index in [0.29, 0.717) is 43.2 Å². The lowest BCUT2D eigenvalue weighted by atomic mass is 9.96. The van der Waals surface area contributed by atoms with E-state index in [1.54, 1.807) is 36.3 Å². The fraction of sp³-hybridized carbons (Fsp3) is 0.500. The fourth-order valence-corrected chi connectivity index (χ4v) is 5.16. The van der Waals surface area contributed by atoms with Crippen LogP contribution < -0.4 is 20.1 Å². The third-order valence-corrected chi connectivity index (χ3v) is 7.34. The predicted octanol–water partition coefficient (Wildman–Crippen LogP) is 3.78. The molecule has 2 heterocycles. The van der Waals surface area contributed by atoms with Crippen LogP contribution in [0.15, 0.2) is 52.7 Å². The number of furan rings is 1. The van der Waals surface area contributed by atoms with E-state index in [4.69, 9.17) is 18.6 Å². The molecule has 2 N–H and O–H groups in total. The molecule has 1 aliphatic carbocycles. The minimum atomic E-state index is -0.960. The Morgan fingerprint density at radius 2 is 1.93 bits per heavy atom. The van der Waals surface area contributed by atoms with E-state index < -0.39 is 11.9 Å². The first-order valence-electron chi connectivity index (χ1n) is 13.9. The molecule has 10 nitrogen and oxygen atoms in total. The third kappa shape index (κ3) is 7.65. The van der Waals surface area contributed by atoms with Gasteiger partial charge in [-0.2, -0.15) is 0 Å². The first-order valence-corrected chi connectivity index (χ1v) is 13.9. The number of hydrogen-bond donors (Lipinski definition) is 2. The van der Waals surface area contributed by atoms with Gasteiger partial charge in [-0.15, -0.1) is 0 Å². The second-order valence-electron chi connectivity index (χ2n) is 10.0. The number of hydrogen-bond acceptors (Lipinski definition) is 7. The molecule has 1 fully saturated rings. The lowest BCUT2D eigenvalue weighted by Gasteiger charge is -2.32. The summed E-state index contributed by atoms with van der Waals surface area (Å²) in [6.45, 7) is 1.05. The summed E-state index contributed by atoms with van der Waals surface area (Å²) < 4.78 is 21.7. The molecule has 0 spiro atoms. The molecule has 0 radical (unpaired) electrons. The SMILES string of the molecule is COc1ccc([C@H](C(=O)NC[C@@H]2CCCO2)N(CCC2=CCCCC2)C(=O)CNC(=O)c2ccco2)cc1OC. The third-order valence-electron chi connectivity index (χ3n) is 7.34. The van der Waals surface area contributed by atoms with E-state index in [9.17, 15) is 14.4 Å². The highest BCUT2D eigenvalue weighted by molar-refractivity contribution is 5.95. The Morgan fingerprint density at radius 1 is 1.07 bits per heavy atom. The minimum Gasteiger partial charge on any atom is -0.493 e. The van der Waals surface area contributed by atoms with Crippen molar-refractivity contribution < 1.29 is 33.0 Å². The summed E-state index contributed by atoms with van der Waals surface area (Å²) in [5.74, 6) is -0.142. The molecular formula is C30H39N3O7. The van der Waals surface area contributed by atoms with Gasteiger partial charge in [0.2, 0.25) is 11.8 Å². The lowest BCUT2D eigenvalue weighted by Crippen LogP contribution is -2.48. The summed E-state index contributed by atoms with van der Waals surface area (Å²) in [6.07, 6.45) is 10.3. The molecule has 40 heavy (non-hydrogen) atoms. The summed E-state index contributed by atoms with van der Waals surface area (Å²) in [5.41, 5.74) is 1.85. The summed E-state index contributed by atoms with van der Waals surface area (Å²) >= 11 is 0. The van der Waals surface area contributed by atoms with Gasteiger partial charge < -0.3 is 34.2 Å². The number of amides is 3. The van der Waals surface area contributed by atoms with Crippen molar-refractivity contribution in [3.05, 3.63) is 59.6 Å². The Kier molecular flexibility index (Phi) is 10.6. The zero-order chi connectivity index (χ0) is 28.3. The Hall–Kier alpha value is -3.79. The zero-order valence-electron chi connectivity index (χ0n) is 23.3. The quantitative estimate of drug-likeness (QED) is 0.362. The fourth-order valence-electron chi connectivity index (χ4n) is 5.16. The van der Waals surface area contributed by atoms with Crippen molar-refractivity contribution in [1.29, 1.82) is 0 Å². The van der Waals surface area contributed by atoms with Gasteiger partial charge in [0.15, 0.2) is 17.3 Å². The minimum absolute atomic E-state index is 0.0564. The van der Waals surface area contributed by atoms with Crippen LogP contribution in [0.2, 0.25) is 0 Å². The van der Waals surface area contributed by atoms with Crippen LogP contribution in [-0.4, -0.2) is 69.2 Å². The van der Waals surface area contributed by atoms with Crippen LogP contribution >= 0.6 is 0 Å². The molecule has 3 amide bonds. The van der Waals surface area contributed by atoms with E-state index in [2.05, 4.69) is 16.7 Å². The first-order chi connectivity index (χ1) is 19.5. The van der Waals surface area contributed by atoms with E-state index >= 15 is 0 Å². The Balaban J connectivity index is 1.62. The van der Waals surface area contributed by atoms with Crippen molar-refractivity contribution >= 4 is 17.7 Å². The second kappa shape index (κ2) is 14.6. The molecule has 2 aliphatic rings.